The standard InChI is InChI=1S/C11H9N3O2/c12-3-4-13-11(16)8-2-1-7-6-10(15)14-9(7)5-8/h1-2,5H,4,6H2,(H,13,16)(H,14,15). The zero-order chi connectivity index (χ0) is 11.5. The number of carbonyl (C=O) groups is 2. The first kappa shape index (κ1) is 10.2. The number of nitrogens with zero attached hydrogens (tertiary/aromatic N) is 1. The minimum absolute atomic E-state index is 0.0255. The molecular weight excluding hydrogens is 206 g/mol. The number of hydrogen-bond acceptors (Lipinski definition) is 3. The first-order valence-electron chi connectivity index (χ1n) is 4.78. The molecule has 0 fully saturated rings. The number of hydrogen-bond donors (Lipinski definition) is 2. The first-order valence-corrected chi connectivity index (χ1v) is 4.78. The molecule has 1 aliphatic heterocycles. The van der Waals surface area contributed by atoms with Crippen LogP contribution in [0.15, 0.2) is 18.2 Å². The van der Waals surface area contributed by atoms with Gasteiger partial charge in [-0.3, -0.25) is 9.59 Å². The third-order valence-electron chi connectivity index (χ3n) is 2.33. The van der Waals surface area contributed by atoms with Gasteiger partial charge in [0.15, 0.2) is 0 Å². The van der Waals surface area contributed by atoms with Gasteiger partial charge in [-0.15, -0.1) is 0 Å². The van der Waals surface area contributed by atoms with E-state index in [1.54, 1.807) is 18.2 Å². The van der Waals surface area contributed by atoms with Crippen LogP contribution in [0, 0.1) is 11.3 Å². The van der Waals surface area contributed by atoms with Gasteiger partial charge in [-0.25, -0.2) is 0 Å². The summed E-state index contributed by atoms with van der Waals surface area (Å²) < 4.78 is 0. The minimum Gasteiger partial charge on any atom is -0.339 e. The molecule has 2 rings (SSSR count). The second-order valence-electron chi connectivity index (χ2n) is 3.44. The molecule has 1 aromatic rings. The van der Waals surface area contributed by atoms with Crippen molar-refractivity contribution in [3.63, 3.8) is 0 Å². The average molecular weight is 215 g/mol. The predicted molar refractivity (Wildman–Crippen MR) is 56.7 cm³/mol. The summed E-state index contributed by atoms with van der Waals surface area (Å²) >= 11 is 0. The van der Waals surface area contributed by atoms with E-state index in [4.69, 9.17) is 5.26 Å². The van der Waals surface area contributed by atoms with Crippen molar-refractivity contribution in [2.24, 2.45) is 0 Å². The molecule has 0 saturated carbocycles. The van der Waals surface area contributed by atoms with Crippen LogP contribution >= 0.6 is 0 Å². The highest BCUT2D eigenvalue weighted by atomic mass is 16.2. The van der Waals surface area contributed by atoms with Crippen molar-refractivity contribution in [1.29, 1.82) is 5.26 Å². The number of rotatable bonds is 2. The Kier molecular flexibility index (Phi) is 2.56. The molecule has 0 aromatic heterocycles. The lowest BCUT2D eigenvalue weighted by atomic mass is 10.1. The Bertz CT molecular complexity index is 502. The molecular formula is C11H9N3O2. The summed E-state index contributed by atoms with van der Waals surface area (Å²) in [6, 6.07) is 6.83. The van der Waals surface area contributed by atoms with E-state index in [1.807, 2.05) is 6.07 Å². The second-order valence-corrected chi connectivity index (χ2v) is 3.44. The van der Waals surface area contributed by atoms with E-state index in [2.05, 4.69) is 10.6 Å². The number of anilines is 1. The van der Waals surface area contributed by atoms with Gasteiger partial charge in [-0.05, 0) is 17.7 Å². The third kappa shape index (κ3) is 1.86. The average Bonchev–Trinajstić information content (AvgIpc) is 2.64. The smallest absolute Gasteiger partial charge is 0.252 e. The lowest BCUT2D eigenvalue weighted by molar-refractivity contribution is -0.115. The Labute approximate surface area is 92.1 Å². The topological polar surface area (TPSA) is 82.0 Å². The lowest BCUT2D eigenvalue weighted by Gasteiger charge is -2.03. The van der Waals surface area contributed by atoms with Gasteiger partial charge in [-0.1, -0.05) is 6.07 Å². The van der Waals surface area contributed by atoms with Crippen molar-refractivity contribution in [2.75, 3.05) is 11.9 Å². The zero-order valence-corrected chi connectivity index (χ0v) is 8.41. The van der Waals surface area contributed by atoms with Crippen LogP contribution in [0.2, 0.25) is 0 Å². The molecule has 5 nitrogen and oxygen atoms in total. The van der Waals surface area contributed by atoms with Gasteiger partial charge in [0.2, 0.25) is 5.91 Å². The van der Waals surface area contributed by atoms with Crippen LogP contribution in [0.4, 0.5) is 5.69 Å². The first-order chi connectivity index (χ1) is 7.70. The number of nitrogens with one attached hydrogen (secondary N) is 2. The highest BCUT2D eigenvalue weighted by molar-refractivity contribution is 6.02. The molecule has 1 aromatic carbocycles. The molecule has 2 N–H and O–H groups in total. The Morgan fingerprint density at radius 3 is 3.12 bits per heavy atom. The van der Waals surface area contributed by atoms with Crippen LogP contribution in [0.3, 0.4) is 0 Å². The van der Waals surface area contributed by atoms with E-state index >= 15 is 0 Å². The van der Waals surface area contributed by atoms with Crippen LogP contribution < -0.4 is 10.6 Å². The van der Waals surface area contributed by atoms with Crippen LogP contribution in [-0.4, -0.2) is 18.4 Å². The summed E-state index contributed by atoms with van der Waals surface area (Å²) in [7, 11) is 0. The van der Waals surface area contributed by atoms with E-state index in [0.717, 1.165) is 5.56 Å². The molecule has 0 bridgehead atoms. The summed E-state index contributed by atoms with van der Waals surface area (Å²) in [5.74, 6) is -0.380. The fourth-order valence-electron chi connectivity index (χ4n) is 1.58. The minimum atomic E-state index is -0.314. The van der Waals surface area contributed by atoms with E-state index in [1.165, 1.54) is 0 Å². The lowest BCUT2D eigenvalue weighted by Crippen LogP contribution is -2.23. The summed E-state index contributed by atoms with van der Waals surface area (Å²) in [5, 5.41) is 13.4. The Balaban J connectivity index is 2.20. The molecule has 0 unspecified atom stereocenters. The molecule has 16 heavy (non-hydrogen) atoms. The number of amides is 2. The largest absolute Gasteiger partial charge is 0.339 e. The van der Waals surface area contributed by atoms with Crippen LogP contribution in [-0.2, 0) is 11.2 Å². The number of nitriles is 1. The molecule has 0 aliphatic carbocycles. The van der Waals surface area contributed by atoms with Gasteiger partial charge < -0.3 is 10.6 Å². The van der Waals surface area contributed by atoms with Crippen LogP contribution in [0.1, 0.15) is 15.9 Å². The quantitative estimate of drug-likeness (QED) is 0.702. The maximum Gasteiger partial charge on any atom is 0.252 e. The molecule has 2 amide bonds. The van der Waals surface area contributed by atoms with Gasteiger partial charge >= 0.3 is 0 Å². The highest BCUT2D eigenvalue weighted by Crippen LogP contribution is 2.23. The Morgan fingerprint density at radius 2 is 2.38 bits per heavy atom. The van der Waals surface area contributed by atoms with Crippen molar-refractivity contribution < 1.29 is 9.59 Å². The van der Waals surface area contributed by atoms with Crippen molar-refractivity contribution in [2.45, 2.75) is 6.42 Å². The van der Waals surface area contributed by atoms with Crippen molar-refractivity contribution in [3.05, 3.63) is 29.3 Å². The molecule has 80 valence electrons. The van der Waals surface area contributed by atoms with Crippen molar-refractivity contribution in [3.8, 4) is 6.07 Å². The molecule has 0 saturated heterocycles. The molecule has 0 atom stereocenters. The molecule has 1 aliphatic rings. The van der Waals surface area contributed by atoms with E-state index in [9.17, 15) is 9.59 Å². The van der Waals surface area contributed by atoms with Gasteiger partial charge in [-0.2, -0.15) is 5.26 Å². The molecule has 0 radical (unpaired) electrons. The fraction of sp³-hybridized carbons (Fsp3) is 0.182. The van der Waals surface area contributed by atoms with Crippen LogP contribution in [0.25, 0.3) is 0 Å². The Hall–Kier alpha value is -2.35. The molecule has 5 heteroatoms. The zero-order valence-electron chi connectivity index (χ0n) is 8.41. The Morgan fingerprint density at radius 1 is 1.56 bits per heavy atom. The molecule has 1 heterocycles. The second kappa shape index (κ2) is 4.03. The van der Waals surface area contributed by atoms with Crippen molar-refractivity contribution >= 4 is 17.5 Å². The molecule has 0 spiro atoms. The maximum atomic E-state index is 11.5. The van der Waals surface area contributed by atoms with E-state index < -0.39 is 0 Å². The summed E-state index contributed by atoms with van der Waals surface area (Å²) in [4.78, 5) is 22.6. The third-order valence-corrected chi connectivity index (χ3v) is 2.33. The van der Waals surface area contributed by atoms with Gasteiger partial charge in [0, 0.05) is 11.3 Å². The van der Waals surface area contributed by atoms with Gasteiger partial charge in [0.25, 0.3) is 5.91 Å². The normalized spacial score (nSPS) is 12.6. The van der Waals surface area contributed by atoms with E-state index in [-0.39, 0.29) is 18.4 Å². The fourth-order valence-corrected chi connectivity index (χ4v) is 1.58. The predicted octanol–water partition coefficient (Wildman–Crippen LogP) is 0.435. The summed E-state index contributed by atoms with van der Waals surface area (Å²) in [6.45, 7) is -0.0255. The monoisotopic (exact) mass is 215 g/mol. The van der Waals surface area contributed by atoms with E-state index in [0.29, 0.717) is 17.7 Å². The van der Waals surface area contributed by atoms with Crippen molar-refractivity contribution in [1.82, 2.24) is 5.32 Å². The number of carbonyl (C=O) groups excluding carboxylic acids is 2. The van der Waals surface area contributed by atoms with Gasteiger partial charge in [0.1, 0.15) is 6.54 Å². The maximum absolute atomic E-state index is 11.5. The summed E-state index contributed by atoms with van der Waals surface area (Å²) in [6.07, 6.45) is 0.357. The number of benzene rings is 1. The van der Waals surface area contributed by atoms with Gasteiger partial charge in [0.05, 0.1) is 12.5 Å². The van der Waals surface area contributed by atoms with Crippen LogP contribution in [0.5, 0.6) is 0 Å². The number of fused-ring (bicyclic) bond motifs is 1. The highest BCUT2D eigenvalue weighted by Gasteiger charge is 2.18. The summed E-state index contributed by atoms with van der Waals surface area (Å²) in [5.41, 5.74) is 2.01. The SMILES string of the molecule is N#CCNC(=O)c1ccc2c(c1)NC(=O)C2.